The minimum Gasteiger partial charge on any atom is -0.569 e. The quantitative estimate of drug-likeness (QED) is 0.326. The first kappa shape index (κ1) is 18.5. The van der Waals surface area contributed by atoms with Gasteiger partial charge in [0.05, 0.1) is 29.6 Å². The fourth-order valence-electron chi connectivity index (χ4n) is 2.67. The predicted molar refractivity (Wildman–Crippen MR) is 81.7 cm³/mol. The monoisotopic (exact) mass is 315 g/mol. The second kappa shape index (κ2) is 8.19. The van der Waals surface area contributed by atoms with Gasteiger partial charge in [0.1, 0.15) is 6.10 Å². The SMILES string of the molecule is CCOC(=O)[C@H]1CC[C@@H](O/N=[N+](\[O-])N(CC)C(C)(C)C)CC1. The molecule has 0 aromatic heterocycles. The molecule has 7 nitrogen and oxygen atoms in total. The summed E-state index contributed by atoms with van der Waals surface area (Å²) in [4.78, 5) is 17.5. The summed E-state index contributed by atoms with van der Waals surface area (Å²) in [5.41, 5.74) is -0.315. The van der Waals surface area contributed by atoms with Crippen LogP contribution in [-0.4, -0.2) is 40.7 Å². The van der Waals surface area contributed by atoms with Crippen molar-refractivity contribution in [3.8, 4) is 0 Å². The Bertz CT molecular complexity index is 385. The maximum atomic E-state index is 12.0. The van der Waals surface area contributed by atoms with E-state index < -0.39 is 0 Å². The zero-order chi connectivity index (χ0) is 16.8. The lowest BCUT2D eigenvalue weighted by Crippen LogP contribution is -2.45. The number of carbonyl (C=O) groups is 1. The molecule has 1 aliphatic carbocycles. The molecule has 0 bridgehead atoms. The third-order valence-electron chi connectivity index (χ3n) is 3.84. The van der Waals surface area contributed by atoms with E-state index in [1.807, 2.05) is 34.6 Å². The first-order valence-corrected chi connectivity index (χ1v) is 8.07. The molecule has 0 spiro atoms. The van der Waals surface area contributed by atoms with Gasteiger partial charge in [-0.3, -0.25) is 4.79 Å². The van der Waals surface area contributed by atoms with Crippen LogP contribution in [0.3, 0.4) is 0 Å². The smallest absolute Gasteiger partial charge is 0.308 e. The predicted octanol–water partition coefficient (Wildman–Crippen LogP) is 3.04. The lowest BCUT2D eigenvalue weighted by Gasteiger charge is -2.29. The van der Waals surface area contributed by atoms with E-state index in [0.29, 0.717) is 43.8 Å². The van der Waals surface area contributed by atoms with Crippen molar-refractivity contribution >= 4 is 5.97 Å². The Balaban J connectivity index is 2.47. The van der Waals surface area contributed by atoms with Crippen molar-refractivity contribution in [1.29, 1.82) is 0 Å². The van der Waals surface area contributed by atoms with Gasteiger partial charge in [-0.15, -0.1) is 5.01 Å². The van der Waals surface area contributed by atoms with Crippen molar-refractivity contribution in [2.45, 2.75) is 71.9 Å². The zero-order valence-electron chi connectivity index (χ0n) is 14.4. The molecular formula is C15H29N3O4. The minimum absolute atomic E-state index is 0.0510. The highest BCUT2D eigenvalue weighted by Crippen LogP contribution is 2.27. The minimum atomic E-state index is -0.315. The van der Waals surface area contributed by atoms with E-state index in [2.05, 4.69) is 5.28 Å². The summed E-state index contributed by atoms with van der Waals surface area (Å²) in [5, 5.41) is 17.3. The molecule has 0 atom stereocenters. The van der Waals surface area contributed by atoms with E-state index in [1.54, 1.807) is 5.01 Å². The van der Waals surface area contributed by atoms with Crippen LogP contribution in [0.25, 0.3) is 0 Å². The molecule has 1 saturated carbocycles. The highest BCUT2D eigenvalue weighted by atomic mass is 16.7. The van der Waals surface area contributed by atoms with Crippen molar-refractivity contribution in [2.24, 2.45) is 11.2 Å². The molecular weight excluding hydrogens is 286 g/mol. The number of hydrogen-bond donors (Lipinski definition) is 0. The summed E-state index contributed by atoms with van der Waals surface area (Å²) in [6, 6.07) is 0. The van der Waals surface area contributed by atoms with Crippen LogP contribution in [0.15, 0.2) is 5.28 Å². The third-order valence-corrected chi connectivity index (χ3v) is 3.84. The second-order valence-corrected chi connectivity index (χ2v) is 6.55. The first-order chi connectivity index (χ1) is 10.3. The van der Waals surface area contributed by atoms with Crippen LogP contribution >= 0.6 is 0 Å². The second-order valence-electron chi connectivity index (χ2n) is 6.55. The summed E-state index contributed by atoms with van der Waals surface area (Å²) in [7, 11) is 0. The molecule has 0 radical (unpaired) electrons. The van der Waals surface area contributed by atoms with Crippen LogP contribution < -0.4 is 0 Å². The van der Waals surface area contributed by atoms with Crippen molar-refractivity contribution in [1.82, 2.24) is 5.01 Å². The fourth-order valence-corrected chi connectivity index (χ4v) is 2.67. The maximum Gasteiger partial charge on any atom is 0.308 e. The Kier molecular flexibility index (Phi) is 6.90. The molecule has 1 aliphatic rings. The Labute approximate surface area is 132 Å². The van der Waals surface area contributed by atoms with Gasteiger partial charge in [-0.05, 0) is 60.3 Å². The molecule has 7 heteroatoms. The molecule has 0 N–H and O–H groups in total. The largest absolute Gasteiger partial charge is 0.569 e. The summed E-state index contributed by atoms with van der Waals surface area (Å²) < 4.78 is 5.03. The van der Waals surface area contributed by atoms with Crippen LogP contribution in [0.5, 0.6) is 0 Å². The Morgan fingerprint density at radius 1 is 1.27 bits per heavy atom. The summed E-state index contributed by atoms with van der Waals surface area (Å²) in [6.07, 6.45) is 2.74. The molecule has 0 aromatic rings. The van der Waals surface area contributed by atoms with Crippen molar-refractivity contribution in [2.75, 3.05) is 13.2 Å². The molecule has 1 fully saturated rings. The first-order valence-electron chi connectivity index (χ1n) is 8.07. The molecule has 0 amide bonds. The van der Waals surface area contributed by atoms with E-state index in [0.717, 1.165) is 0 Å². The van der Waals surface area contributed by atoms with Crippen LogP contribution in [0.1, 0.15) is 60.3 Å². The van der Waals surface area contributed by atoms with Gasteiger partial charge in [0.2, 0.25) is 5.28 Å². The van der Waals surface area contributed by atoms with Crippen molar-refractivity contribution < 1.29 is 19.3 Å². The lowest BCUT2D eigenvalue weighted by atomic mass is 9.87. The van der Waals surface area contributed by atoms with Crippen molar-refractivity contribution in [3.05, 3.63) is 5.21 Å². The number of rotatable bonds is 6. The fraction of sp³-hybridized carbons (Fsp3) is 0.933. The number of carbonyl (C=O) groups excluding carboxylic acids is 1. The van der Waals surface area contributed by atoms with Gasteiger partial charge in [0.25, 0.3) is 0 Å². The normalized spacial score (nSPS) is 23.0. The molecule has 0 aliphatic heterocycles. The molecule has 0 saturated heterocycles. The third kappa shape index (κ3) is 5.35. The number of hydrazine groups is 1. The number of nitrogens with zero attached hydrogens (tertiary/aromatic N) is 3. The van der Waals surface area contributed by atoms with E-state index in [-0.39, 0.29) is 23.5 Å². The molecule has 128 valence electrons. The summed E-state index contributed by atoms with van der Waals surface area (Å²) >= 11 is 0. The Hall–Kier alpha value is -1.53. The van der Waals surface area contributed by atoms with Crippen molar-refractivity contribution in [3.63, 3.8) is 0 Å². The van der Waals surface area contributed by atoms with E-state index >= 15 is 0 Å². The number of esters is 1. The van der Waals surface area contributed by atoms with Gasteiger partial charge in [0, 0.05) is 0 Å². The van der Waals surface area contributed by atoms with E-state index in [9.17, 15) is 10.0 Å². The van der Waals surface area contributed by atoms with Gasteiger partial charge < -0.3 is 14.8 Å². The van der Waals surface area contributed by atoms with Gasteiger partial charge in [-0.2, -0.15) is 0 Å². The number of ether oxygens (including phenoxy) is 1. The summed E-state index contributed by atoms with van der Waals surface area (Å²) in [5.74, 6) is -0.182. The average Bonchev–Trinajstić information content (AvgIpc) is 2.45. The number of hydrogen-bond acceptors (Lipinski definition) is 5. The average molecular weight is 315 g/mol. The molecule has 0 unspecified atom stereocenters. The lowest BCUT2D eigenvalue weighted by molar-refractivity contribution is -0.725. The highest BCUT2D eigenvalue weighted by molar-refractivity contribution is 5.72. The van der Waals surface area contributed by atoms with Gasteiger partial charge in [0.15, 0.2) is 0 Å². The summed E-state index contributed by atoms with van der Waals surface area (Å²) in [6.45, 7) is 10.5. The standard InChI is InChI=1S/C15H29N3O4/c1-6-17(15(3,4)5)18(20)16-22-13-10-8-12(9-11-13)14(19)21-7-2/h12-13H,6-11H2,1-5H3/b18-16-/t12-,13+. The van der Waals surface area contributed by atoms with Gasteiger partial charge >= 0.3 is 5.97 Å². The van der Waals surface area contributed by atoms with Gasteiger partial charge in [-0.1, -0.05) is 0 Å². The molecule has 0 aromatic carbocycles. The van der Waals surface area contributed by atoms with E-state index in [4.69, 9.17) is 9.57 Å². The topological polar surface area (TPSA) is 77.2 Å². The maximum absolute atomic E-state index is 12.0. The van der Waals surface area contributed by atoms with Crippen LogP contribution in [-0.2, 0) is 14.4 Å². The van der Waals surface area contributed by atoms with Gasteiger partial charge in [-0.25, -0.2) is 0 Å². The molecule has 1 rings (SSSR count). The molecule has 22 heavy (non-hydrogen) atoms. The highest BCUT2D eigenvalue weighted by Gasteiger charge is 2.30. The van der Waals surface area contributed by atoms with Crippen LogP contribution in [0.4, 0.5) is 0 Å². The Morgan fingerprint density at radius 2 is 1.86 bits per heavy atom. The zero-order valence-corrected chi connectivity index (χ0v) is 14.4. The Morgan fingerprint density at radius 3 is 2.32 bits per heavy atom. The van der Waals surface area contributed by atoms with Crippen LogP contribution in [0, 0.1) is 11.1 Å². The van der Waals surface area contributed by atoms with E-state index in [1.165, 1.54) is 0 Å². The van der Waals surface area contributed by atoms with Crippen LogP contribution in [0.2, 0.25) is 0 Å². The molecule has 0 heterocycles.